The van der Waals surface area contributed by atoms with Gasteiger partial charge in [0.05, 0.1) is 6.61 Å². The van der Waals surface area contributed by atoms with Crippen LogP contribution in [-0.2, 0) is 19.7 Å². The molecule has 0 aliphatic carbocycles. The first-order chi connectivity index (χ1) is 12.2. The summed E-state index contributed by atoms with van der Waals surface area (Å²) in [4.78, 5) is 11.3. The average Bonchev–Trinajstić information content (AvgIpc) is 3.09. The number of rotatable bonds is 5. The van der Waals surface area contributed by atoms with Crippen LogP contribution < -0.4 is 14.3 Å². The van der Waals surface area contributed by atoms with Gasteiger partial charge in [-0.3, -0.25) is 4.79 Å². The minimum Gasteiger partial charge on any atom is -0.506 e. The Bertz CT molecular complexity index is 875. The SMILES string of the molecule is O=C1CN(c2c(O)ccc(C3=C[C@@H](COC(F)F)NC3)c2F)S(=O)(=O)N1. The summed E-state index contributed by atoms with van der Waals surface area (Å²) in [5.74, 6) is -2.57. The maximum Gasteiger partial charge on any atom is 0.345 e. The fourth-order valence-corrected chi connectivity index (χ4v) is 3.92. The molecule has 2 aliphatic heterocycles. The first-order valence-electron chi connectivity index (χ1n) is 7.38. The second-order valence-corrected chi connectivity index (χ2v) is 7.20. The highest BCUT2D eigenvalue weighted by Gasteiger charge is 2.38. The Kier molecular flexibility index (Phi) is 4.82. The Balaban J connectivity index is 1.94. The van der Waals surface area contributed by atoms with E-state index in [0.717, 1.165) is 6.07 Å². The molecule has 0 bridgehead atoms. The number of anilines is 1. The normalized spacial score (nSPS) is 22.0. The summed E-state index contributed by atoms with van der Waals surface area (Å²) in [6.45, 7) is -3.80. The fraction of sp³-hybridized carbons (Fsp3) is 0.357. The molecule has 142 valence electrons. The number of halogens is 3. The predicted molar refractivity (Wildman–Crippen MR) is 84.2 cm³/mol. The fourth-order valence-electron chi connectivity index (χ4n) is 2.76. The molecular formula is C14H14F3N3O5S. The van der Waals surface area contributed by atoms with E-state index in [0.29, 0.717) is 9.88 Å². The summed E-state index contributed by atoms with van der Waals surface area (Å²) < 4.78 is 69.3. The van der Waals surface area contributed by atoms with Crippen LogP contribution in [0.25, 0.3) is 5.57 Å². The van der Waals surface area contributed by atoms with Crippen LogP contribution in [0.3, 0.4) is 0 Å². The monoisotopic (exact) mass is 393 g/mol. The number of carbonyl (C=O) groups excluding carboxylic acids is 1. The summed E-state index contributed by atoms with van der Waals surface area (Å²) in [5.41, 5.74) is -0.309. The predicted octanol–water partition coefficient (Wildman–Crippen LogP) is 0.307. The van der Waals surface area contributed by atoms with Crippen molar-refractivity contribution in [2.24, 2.45) is 0 Å². The third-order valence-electron chi connectivity index (χ3n) is 3.87. The van der Waals surface area contributed by atoms with Crippen molar-refractivity contribution in [3.8, 4) is 5.75 Å². The lowest BCUT2D eigenvalue weighted by molar-refractivity contribution is -0.130. The van der Waals surface area contributed by atoms with E-state index >= 15 is 0 Å². The van der Waals surface area contributed by atoms with Crippen molar-refractivity contribution in [2.75, 3.05) is 24.0 Å². The molecule has 1 aromatic carbocycles. The number of nitrogens with one attached hydrogen (secondary N) is 2. The quantitative estimate of drug-likeness (QED) is 0.665. The highest BCUT2D eigenvalue weighted by molar-refractivity contribution is 7.92. The molecule has 1 aromatic rings. The van der Waals surface area contributed by atoms with Crippen LogP contribution in [-0.4, -0.2) is 51.8 Å². The maximum absolute atomic E-state index is 14.9. The molecule has 12 heteroatoms. The molecule has 2 aliphatic rings. The van der Waals surface area contributed by atoms with Crippen molar-refractivity contribution in [1.82, 2.24) is 10.0 Å². The Hall–Kier alpha value is -2.31. The van der Waals surface area contributed by atoms with Gasteiger partial charge in [0.1, 0.15) is 18.0 Å². The average molecular weight is 393 g/mol. The van der Waals surface area contributed by atoms with E-state index in [4.69, 9.17) is 0 Å². The van der Waals surface area contributed by atoms with Crippen LogP contribution in [0.1, 0.15) is 5.56 Å². The van der Waals surface area contributed by atoms with Crippen molar-refractivity contribution in [2.45, 2.75) is 12.7 Å². The lowest BCUT2D eigenvalue weighted by Crippen LogP contribution is -2.30. The number of ether oxygens (including phenoxy) is 1. The summed E-state index contributed by atoms with van der Waals surface area (Å²) in [6.07, 6.45) is 1.48. The first kappa shape index (κ1) is 18.5. The molecule has 8 nitrogen and oxygen atoms in total. The van der Waals surface area contributed by atoms with Gasteiger partial charge in [0, 0.05) is 18.2 Å². The zero-order chi connectivity index (χ0) is 19.1. The zero-order valence-corrected chi connectivity index (χ0v) is 13.9. The van der Waals surface area contributed by atoms with E-state index in [2.05, 4.69) is 10.1 Å². The molecule has 0 saturated carbocycles. The lowest BCUT2D eigenvalue weighted by Gasteiger charge is -2.18. The van der Waals surface area contributed by atoms with Gasteiger partial charge < -0.3 is 15.2 Å². The van der Waals surface area contributed by atoms with E-state index in [-0.39, 0.29) is 18.7 Å². The Labute approximate surface area is 146 Å². The van der Waals surface area contributed by atoms with Crippen molar-refractivity contribution in [3.05, 3.63) is 29.6 Å². The molecule has 1 atom stereocenters. The number of amides is 1. The number of hydrogen-bond donors (Lipinski definition) is 3. The number of alkyl halides is 2. The first-order valence-corrected chi connectivity index (χ1v) is 8.82. The molecule has 1 saturated heterocycles. The summed E-state index contributed by atoms with van der Waals surface area (Å²) >= 11 is 0. The molecule has 0 spiro atoms. The standard InChI is InChI=1S/C14H14F3N3O5S/c15-12-9(7-3-8(18-4-7)6-25-14(16)17)1-2-10(21)13(12)20-5-11(22)19-26(20,23)24/h1-3,8,14,18,21H,4-6H2,(H,19,22)/t8-/m0/s1. The summed E-state index contributed by atoms with van der Waals surface area (Å²) in [7, 11) is -4.31. The molecule has 0 radical (unpaired) electrons. The van der Waals surface area contributed by atoms with Crippen LogP contribution in [0.2, 0.25) is 0 Å². The van der Waals surface area contributed by atoms with Crippen LogP contribution >= 0.6 is 0 Å². The third kappa shape index (κ3) is 3.48. The number of phenols is 1. The van der Waals surface area contributed by atoms with E-state index in [9.17, 15) is 31.5 Å². The van der Waals surface area contributed by atoms with Gasteiger partial charge in [0.15, 0.2) is 5.82 Å². The molecule has 2 heterocycles. The molecule has 0 unspecified atom stereocenters. The number of hydrogen-bond acceptors (Lipinski definition) is 6. The number of benzene rings is 1. The largest absolute Gasteiger partial charge is 0.506 e. The molecule has 3 N–H and O–H groups in total. The minimum atomic E-state index is -4.31. The highest BCUT2D eigenvalue weighted by atomic mass is 32.2. The molecule has 3 rings (SSSR count). The van der Waals surface area contributed by atoms with E-state index in [1.807, 2.05) is 0 Å². The highest BCUT2D eigenvalue weighted by Crippen LogP contribution is 2.37. The summed E-state index contributed by atoms with van der Waals surface area (Å²) in [5, 5.41) is 12.7. The van der Waals surface area contributed by atoms with Crippen molar-refractivity contribution in [3.63, 3.8) is 0 Å². The third-order valence-corrected chi connectivity index (χ3v) is 5.25. The maximum atomic E-state index is 14.9. The van der Waals surface area contributed by atoms with Gasteiger partial charge in [-0.25, -0.2) is 13.4 Å². The van der Waals surface area contributed by atoms with Crippen LogP contribution in [0.4, 0.5) is 18.9 Å². The van der Waals surface area contributed by atoms with Gasteiger partial charge in [-0.1, -0.05) is 6.08 Å². The lowest BCUT2D eigenvalue weighted by atomic mass is 10.0. The molecule has 0 aromatic heterocycles. The molecule has 26 heavy (non-hydrogen) atoms. The number of nitrogens with zero attached hydrogens (tertiary/aromatic N) is 1. The van der Waals surface area contributed by atoms with Gasteiger partial charge in [-0.2, -0.15) is 17.2 Å². The van der Waals surface area contributed by atoms with Crippen LogP contribution in [0.5, 0.6) is 5.75 Å². The van der Waals surface area contributed by atoms with Crippen LogP contribution in [0.15, 0.2) is 18.2 Å². The number of phenolic OH excluding ortho intramolecular Hbond substituents is 1. The van der Waals surface area contributed by atoms with Crippen molar-refractivity contribution < 1.29 is 36.2 Å². The van der Waals surface area contributed by atoms with Gasteiger partial charge in [0.2, 0.25) is 0 Å². The zero-order valence-electron chi connectivity index (χ0n) is 13.1. The topological polar surface area (TPSA) is 108 Å². The molecule has 1 amide bonds. The smallest absolute Gasteiger partial charge is 0.345 e. The van der Waals surface area contributed by atoms with Gasteiger partial charge in [-0.15, -0.1) is 0 Å². The van der Waals surface area contributed by atoms with Gasteiger partial charge in [-0.05, 0) is 17.7 Å². The van der Waals surface area contributed by atoms with Gasteiger partial charge >= 0.3 is 16.8 Å². The molecule has 1 fully saturated rings. The van der Waals surface area contributed by atoms with E-state index in [1.54, 1.807) is 4.72 Å². The van der Waals surface area contributed by atoms with Crippen molar-refractivity contribution in [1.29, 1.82) is 0 Å². The molecular weight excluding hydrogens is 379 g/mol. The second-order valence-electron chi connectivity index (χ2n) is 5.61. The number of aromatic hydroxyl groups is 1. The number of carbonyl (C=O) groups is 1. The van der Waals surface area contributed by atoms with Crippen LogP contribution in [0, 0.1) is 5.82 Å². The van der Waals surface area contributed by atoms with Crippen molar-refractivity contribution >= 4 is 27.4 Å². The Morgan fingerprint density at radius 1 is 1.38 bits per heavy atom. The Morgan fingerprint density at radius 3 is 2.73 bits per heavy atom. The van der Waals surface area contributed by atoms with Gasteiger partial charge in [0.25, 0.3) is 5.91 Å². The second kappa shape index (κ2) is 6.78. The minimum absolute atomic E-state index is 0.0283. The van der Waals surface area contributed by atoms with E-state index in [1.165, 1.54) is 12.1 Å². The summed E-state index contributed by atoms with van der Waals surface area (Å²) in [6, 6.07) is 1.75. The van der Waals surface area contributed by atoms with E-state index < -0.39 is 52.6 Å². The Morgan fingerprint density at radius 2 is 2.12 bits per heavy atom.